The number of nitrogens with one attached hydrogen (secondary N) is 1. The normalized spacial score (nSPS) is 3.79. The number of hydrogen-bond acceptors (Lipinski definition) is 8. The Morgan fingerprint density at radius 3 is 0.518 bits per heavy atom. The molecular weight excluding hydrogens is 751 g/mol. The maximum atomic E-state index is 7.00. The quantitative estimate of drug-likeness (QED) is 0.0377. The summed E-state index contributed by atoms with van der Waals surface area (Å²) in [6.07, 6.45) is 9.86. The molecule has 14 heteroatoms. The summed E-state index contributed by atoms with van der Waals surface area (Å²) in [5.41, 5.74) is 12.2. The van der Waals surface area contributed by atoms with Crippen LogP contribution in [0.4, 0.5) is 0 Å². The molecule has 0 unspecified atom stereocenters. The van der Waals surface area contributed by atoms with Crippen molar-refractivity contribution in [2.75, 3.05) is 0 Å². The van der Waals surface area contributed by atoms with Gasteiger partial charge in [-0.1, -0.05) is 10.4 Å². The fraction of sp³-hybridized carbons (Fsp3) is 0. The van der Waals surface area contributed by atoms with Gasteiger partial charge >= 0.3 is 0 Å². The van der Waals surface area contributed by atoms with Gasteiger partial charge in [-0.15, -0.1) is 18.4 Å². The molecule has 10 N–H and O–H groups in total. The topological polar surface area (TPSA) is 285 Å². The summed E-state index contributed by atoms with van der Waals surface area (Å²) in [6, 6.07) is 0. The van der Waals surface area contributed by atoms with Crippen molar-refractivity contribution in [1.82, 2.24) is 6.15 Å². The Labute approximate surface area is 335 Å². The van der Waals surface area contributed by atoms with E-state index in [1.54, 1.807) is 4.91 Å². The zero-order valence-electron chi connectivity index (χ0n) is 27.8. The summed E-state index contributed by atoms with van der Waals surface area (Å²) < 4.78 is 0. The van der Waals surface area contributed by atoms with E-state index in [2.05, 4.69) is 259 Å². The Hall–Kier alpha value is -11.3. The number of terminal acetylenes is 2. The maximum Gasteiger partial charge on any atom is 0 e. The van der Waals surface area contributed by atoms with E-state index in [0.29, 0.717) is 0 Å². The summed E-state index contributed by atoms with van der Waals surface area (Å²) in [4.78, 5) is 15.8. The van der Waals surface area contributed by atoms with E-state index in [1.165, 1.54) is 0 Å². The molecule has 0 aliphatic rings. The fourth-order valence-corrected chi connectivity index (χ4v) is 1.20. The third-order valence-corrected chi connectivity index (χ3v) is 2.52. The van der Waals surface area contributed by atoms with Crippen LogP contribution < -0.4 is 17.8 Å². The van der Waals surface area contributed by atoms with Crippen molar-refractivity contribution in [2.45, 2.75) is 0 Å². The van der Waals surface area contributed by atoms with E-state index in [4.69, 9.17) is 44.6 Å². The molecule has 0 heterocycles. The van der Waals surface area contributed by atoms with Crippen LogP contribution in [0.25, 0.3) is 10.4 Å². The molecule has 0 amide bonds. The van der Waals surface area contributed by atoms with Crippen molar-refractivity contribution in [3.05, 3.63) is 20.4 Å². The second-order valence-electron chi connectivity index (χ2n) is 5.37. The van der Waals surface area contributed by atoms with Gasteiger partial charge in [-0.2, -0.15) is 0 Å². The van der Waals surface area contributed by atoms with Crippen LogP contribution in [0, 0.1) is 276 Å². The monoisotopic (exact) mass is 762 g/mol. The second kappa shape index (κ2) is 79.3. The van der Waals surface area contributed by atoms with E-state index in [1.807, 2.05) is 0 Å². The van der Waals surface area contributed by atoms with E-state index >= 15 is 0 Å². The zero-order chi connectivity index (χ0) is 40.4. The van der Waals surface area contributed by atoms with E-state index < -0.39 is 0 Å². The SMILES string of the molecule is C#CC#CC#CC#CC#CC#CC#CC#CC#CC#CC#CC#CC#CC#CC#CC#CC#CC#CC#CC#CC#C.N.N#N.N/N=N/N.O.O=O.[N-]=[N+]=N.[Ni]. The van der Waals surface area contributed by atoms with Crippen molar-refractivity contribution >= 4 is 0 Å². The first-order valence-electron chi connectivity index (χ1n) is 11.8. The summed E-state index contributed by atoms with van der Waals surface area (Å²) in [5.74, 6) is 107. The predicted octanol–water partition coefficient (Wildman–Crippen LogP) is -0.189. The third-order valence-electron chi connectivity index (χ3n) is 2.52. The van der Waals surface area contributed by atoms with Crippen LogP contribution in [0.1, 0.15) is 0 Å². The van der Waals surface area contributed by atoms with Crippen LogP contribution in [-0.2, 0) is 16.5 Å². The molecule has 0 aromatic rings. The molecule has 0 spiro atoms. The van der Waals surface area contributed by atoms with Gasteiger partial charge in [0, 0.05) is 179 Å². The molecular formula is C42H12N10NiO3. The zero-order valence-corrected chi connectivity index (χ0v) is 28.8. The first kappa shape index (κ1) is 63.4. The van der Waals surface area contributed by atoms with Gasteiger partial charge < -0.3 is 23.3 Å². The summed E-state index contributed by atoms with van der Waals surface area (Å²) >= 11 is 0. The maximum absolute atomic E-state index is 7.00. The van der Waals surface area contributed by atoms with Gasteiger partial charge in [0.2, 0.25) is 0 Å². The predicted molar refractivity (Wildman–Crippen MR) is 207 cm³/mol. The minimum absolute atomic E-state index is 0. The minimum atomic E-state index is 0. The van der Waals surface area contributed by atoms with E-state index in [9.17, 15) is 0 Å². The first-order valence-corrected chi connectivity index (χ1v) is 11.8. The average Bonchev–Trinajstić information content (AvgIpc) is 3.19. The molecule has 0 aromatic carbocycles. The average molecular weight is 763 g/mol. The summed E-state index contributed by atoms with van der Waals surface area (Å²) in [7, 11) is 0. The van der Waals surface area contributed by atoms with Crippen LogP contribution in [0.3, 0.4) is 0 Å². The van der Waals surface area contributed by atoms with Crippen LogP contribution in [0.5, 0.6) is 0 Å². The Bertz CT molecular complexity index is 2590. The van der Waals surface area contributed by atoms with Crippen LogP contribution in [0.2, 0.25) is 0 Å². The number of hydrogen-bond donors (Lipinski definition) is 4. The fourth-order valence-electron chi connectivity index (χ4n) is 1.20. The van der Waals surface area contributed by atoms with Gasteiger partial charge in [0.15, 0.2) is 0 Å². The Morgan fingerprint density at radius 2 is 0.464 bits per heavy atom. The second-order valence-corrected chi connectivity index (χ2v) is 5.37. The van der Waals surface area contributed by atoms with Gasteiger partial charge in [-0.05, 0) is 105 Å². The Morgan fingerprint density at radius 1 is 0.393 bits per heavy atom. The molecule has 0 aliphatic carbocycles. The number of nitrogens with zero attached hydrogens (tertiary/aromatic N) is 6. The molecule has 0 bridgehead atoms. The number of rotatable bonds is 0. The third kappa shape index (κ3) is 90.1. The first-order chi connectivity index (χ1) is 26.2. The molecule has 258 valence electrons. The summed E-state index contributed by atoms with van der Waals surface area (Å²) in [6.45, 7) is 0. The molecule has 0 radical (unpaired) electrons. The molecule has 0 saturated carbocycles. The molecule has 0 fully saturated rings. The molecule has 0 aliphatic heterocycles. The van der Waals surface area contributed by atoms with Crippen molar-refractivity contribution in [3.8, 4) is 250 Å². The molecule has 13 nitrogen and oxygen atoms in total. The molecule has 56 heavy (non-hydrogen) atoms. The minimum Gasteiger partial charge on any atom is -0.412 e. The van der Waals surface area contributed by atoms with Crippen molar-refractivity contribution in [3.63, 3.8) is 0 Å². The van der Waals surface area contributed by atoms with Crippen LogP contribution >= 0.6 is 0 Å². The van der Waals surface area contributed by atoms with Crippen molar-refractivity contribution in [2.24, 2.45) is 22.1 Å². The van der Waals surface area contributed by atoms with E-state index in [-0.39, 0.29) is 28.1 Å². The largest absolute Gasteiger partial charge is 0.412 e. The van der Waals surface area contributed by atoms with Crippen molar-refractivity contribution < 1.29 is 22.0 Å². The Kier molecular flexibility index (Phi) is 89.7. The summed E-state index contributed by atoms with van der Waals surface area (Å²) in [5, 5.41) is 17.3. The number of nitrogens with two attached hydrogens (primary N) is 2. The van der Waals surface area contributed by atoms with Crippen molar-refractivity contribution in [1.29, 1.82) is 16.3 Å². The van der Waals surface area contributed by atoms with Gasteiger partial charge in [0.25, 0.3) is 0 Å². The smallest absolute Gasteiger partial charge is 0 e. The standard InChI is InChI=1S/C42H2.H4N4.HN3.N2.H3N.Ni.O2.H2O/c1-3-5-7-9-11-13-15-17-19-21-23-25-27-29-31-33-35-37-39-41-42-40-38-36-34-32-30-28-26-24-22-20-18-16-14-12-10-8-6-4-2;1-3-4-2;1-3-2;1-2;;;1-2;/h1-2H;(H2,1,4)(H2,2,3);1H;;1H3;;;1H2. The van der Waals surface area contributed by atoms with Gasteiger partial charge in [0.05, 0.1) is 0 Å². The molecule has 0 saturated heterocycles. The molecule has 0 atom stereocenters. The van der Waals surface area contributed by atoms with Crippen LogP contribution in [-0.4, -0.2) is 5.48 Å². The van der Waals surface area contributed by atoms with E-state index in [0.717, 1.165) is 0 Å². The van der Waals surface area contributed by atoms with Gasteiger partial charge in [0.1, 0.15) is 0 Å². The van der Waals surface area contributed by atoms with Crippen LogP contribution in [0.15, 0.2) is 10.4 Å². The Balaban J connectivity index is -0.000000245. The molecule has 0 aromatic heterocycles. The molecule has 0 rings (SSSR count). The van der Waals surface area contributed by atoms with Gasteiger partial charge in [-0.25, -0.2) is 0 Å². The van der Waals surface area contributed by atoms with Gasteiger partial charge in [-0.3, -0.25) is 0 Å².